The molecule has 2 amide bonds. The molecular weight excluding hydrogens is 286 g/mol. The van der Waals surface area contributed by atoms with Gasteiger partial charge < -0.3 is 15.4 Å². The van der Waals surface area contributed by atoms with Crippen molar-refractivity contribution in [1.82, 2.24) is 15.6 Å². The molecule has 5 nitrogen and oxygen atoms in total. The Morgan fingerprint density at radius 2 is 2.24 bits per heavy atom. The molecule has 2 rings (SSSR count). The van der Waals surface area contributed by atoms with Crippen molar-refractivity contribution >= 4 is 17.4 Å². The summed E-state index contributed by atoms with van der Waals surface area (Å²) < 4.78 is 5.67. The van der Waals surface area contributed by atoms with Crippen LogP contribution in [0.1, 0.15) is 47.7 Å². The van der Waals surface area contributed by atoms with E-state index in [1.54, 1.807) is 11.3 Å². The Labute approximate surface area is 130 Å². The highest BCUT2D eigenvalue weighted by Gasteiger charge is 2.13. The zero-order valence-corrected chi connectivity index (χ0v) is 13.7. The van der Waals surface area contributed by atoms with E-state index in [1.165, 1.54) is 17.7 Å². The summed E-state index contributed by atoms with van der Waals surface area (Å²) in [6.45, 7) is 6.10. The molecule has 21 heavy (non-hydrogen) atoms. The van der Waals surface area contributed by atoms with E-state index in [9.17, 15) is 4.79 Å². The lowest BCUT2D eigenvalue weighted by atomic mass is 10.0. The average Bonchev–Trinajstić information content (AvgIpc) is 2.80. The van der Waals surface area contributed by atoms with Crippen molar-refractivity contribution in [1.29, 1.82) is 0 Å². The summed E-state index contributed by atoms with van der Waals surface area (Å²) >= 11 is 1.66. The lowest BCUT2D eigenvalue weighted by Gasteiger charge is -2.22. The van der Waals surface area contributed by atoms with E-state index in [4.69, 9.17) is 4.74 Å². The van der Waals surface area contributed by atoms with Gasteiger partial charge in [0.1, 0.15) is 0 Å². The predicted molar refractivity (Wildman–Crippen MR) is 84.7 cm³/mol. The molecule has 0 saturated carbocycles. The van der Waals surface area contributed by atoms with Crippen molar-refractivity contribution in [3.05, 3.63) is 15.6 Å². The minimum Gasteiger partial charge on any atom is -0.378 e. The molecule has 0 radical (unpaired) electrons. The predicted octanol–water partition coefficient (Wildman–Crippen LogP) is 2.91. The number of rotatable bonds is 6. The second-order valence-corrected chi connectivity index (χ2v) is 6.88. The van der Waals surface area contributed by atoms with Gasteiger partial charge in [-0.3, -0.25) is 0 Å². The van der Waals surface area contributed by atoms with Crippen LogP contribution in [0.3, 0.4) is 0 Å². The van der Waals surface area contributed by atoms with Crippen LogP contribution in [-0.4, -0.2) is 30.3 Å². The number of nitrogens with one attached hydrogen (secondary N) is 2. The van der Waals surface area contributed by atoms with Crippen molar-refractivity contribution in [3.63, 3.8) is 0 Å². The molecule has 6 heteroatoms. The third-order valence-electron chi connectivity index (χ3n) is 3.68. The Hall–Kier alpha value is -1.14. The van der Waals surface area contributed by atoms with Gasteiger partial charge in [0, 0.05) is 18.0 Å². The first-order valence-electron chi connectivity index (χ1n) is 7.71. The normalized spacial score (nSPS) is 18.5. The maximum absolute atomic E-state index is 11.7. The molecule has 118 valence electrons. The van der Waals surface area contributed by atoms with Crippen LogP contribution in [0.2, 0.25) is 0 Å². The molecular formula is C15H25N3O2S. The van der Waals surface area contributed by atoms with Crippen LogP contribution in [0.5, 0.6) is 0 Å². The van der Waals surface area contributed by atoms with Crippen molar-refractivity contribution in [3.8, 4) is 0 Å². The third kappa shape index (κ3) is 5.63. The maximum Gasteiger partial charge on any atom is 0.315 e. The van der Waals surface area contributed by atoms with Crippen LogP contribution in [0.25, 0.3) is 0 Å². The highest BCUT2D eigenvalue weighted by molar-refractivity contribution is 7.11. The molecule has 1 aromatic rings. The van der Waals surface area contributed by atoms with Gasteiger partial charge in [-0.1, -0.05) is 0 Å². The molecule has 1 saturated heterocycles. The van der Waals surface area contributed by atoms with E-state index in [0.29, 0.717) is 19.2 Å². The minimum absolute atomic E-state index is 0.121. The number of amides is 2. The van der Waals surface area contributed by atoms with Gasteiger partial charge in [0.2, 0.25) is 0 Å². The topological polar surface area (TPSA) is 63.2 Å². The summed E-state index contributed by atoms with van der Waals surface area (Å²) in [6, 6.07) is -0.121. The summed E-state index contributed by atoms with van der Waals surface area (Å²) in [5, 5.41) is 6.78. The van der Waals surface area contributed by atoms with Gasteiger partial charge in [0.15, 0.2) is 0 Å². The number of carbonyl (C=O) groups is 1. The van der Waals surface area contributed by atoms with E-state index in [1.807, 2.05) is 13.8 Å². The van der Waals surface area contributed by atoms with Crippen LogP contribution >= 0.6 is 11.3 Å². The Kier molecular flexibility index (Phi) is 6.45. The fraction of sp³-hybridized carbons (Fsp3) is 0.733. The van der Waals surface area contributed by atoms with E-state index < -0.39 is 0 Å². The molecule has 1 aliphatic heterocycles. The second-order valence-electron chi connectivity index (χ2n) is 5.48. The van der Waals surface area contributed by atoms with Gasteiger partial charge in [0.05, 0.1) is 23.4 Å². The van der Waals surface area contributed by atoms with Gasteiger partial charge in [-0.15, -0.1) is 11.3 Å². The zero-order chi connectivity index (χ0) is 15.1. The molecule has 0 aliphatic carbocycles. The van der Waals surface area contributed by atoms with Crippen molar-refractivity contribution in [2.24, 2.45) is 0 Å². The third-order valence-corrected chi connectivity index (χ3v) is 4.61. The largest absolute Gasteiger partial charge is 0.378 e. The van der Waals surface area contributed by atoms with Crippen LogP contribution in [0.4, 0.5) is 4.79 Å². The van der Waals surface area contributed by atoms with Crippen LogP contribution in [0, 0.1) is 13.8 Å². The minimum atomic E-state index is -0.121. The standard InChI is InChI=1S/C15H25N3O2S/c1-11-14(18-12(2)21-11)10-17-15(19)16-8-5-7-13-6-3-4-9-20-13/h13H,3-10H2,1-2H3,(H2,16,17,19)/t13-/m1/s1. The van der Waals surface area contributed by atoms with E-state index in [-0.39, 0.29) is 6.03 Å². The second kappa shape index (κ2) is 8.34. The SMILES string of the molecule is Cc1nc(CNC(=O)NCCC[C@H]2CCCCO2)c(C)s1. The monoisotopic (exact) mass is 311 g/mol. The van der Waals surface area contributed by atoms with Gasteiger partial charge in [-0.25, -0.2) is 9.78 Å². The number of hydrogen-bond donors (Lipinski definition) is 2. The average molecular weight is 311 g/mol. The molecule has 0 aromatic carbocycles. The lowest BCUT2D eigenvalue weighted by Crippen LogP contribution is -2.36. The number of carbonyl (C=O) groups excluding carboxylic acids is 1. The number of hydrogen-bond acceptors (Lipinski definition) is 4. The van der Waals surface area contributed by atoms with Crippen LogP contribution < -0.4 is 10.6 Å². The van der Waals surface area contributed by atoms with Gasteiger partial charge in [-0.05, 0) is 46.0 Å². The first kappa shape index (κ1) is 16.2. The van der Waals surface area contributed by atoms with Crippen LogP contribution in [0.15, 0.2) is 0 Å². The molecule has 2 N–H and O–H groups in total. The number of urea groups is 1. The fourth-order valence-electron chi connectivity index (χ4n) is 2.53. The maximum atomic E-state index is 11.7. The number of aryl methyl sites for hydroxylation is 2. The molecule has 0 unspecified atom stereocenters. The Bertz CT molecular complexity index is 456. The number of nitrogens with zero attached hydrogens (tertiary/aromatic N) is 1. The Balaban J connectivity index is 1.56. The summed E-state index contributed by atoms with van der Waals surface area (Å²) in [7, 11) is 0. The Morgan fingerprint density at radius 3 is 2.90 bits per heavy atom. The first-order valence-corrected chi connectivity index (χ1v) is 8.53. The smallest absolute Gasteiger partial charge is 0.315 e. The molecule has 0 bridgehead atoms. The first-order chi connectivity index (χ1) is 10.1. The Morgan fingerprint density at radius 1 is 1.38 bits per heavy atom. The highest BCUT2D eigenvalue weighted by atomic mass is 32.1. The molecule has 1 atom stereocenters. The van der Waals surface area contributed by atoms with Crippen molar-refractivity contribution in [2.75, 3.05) is 13.2 Å². The van der Waals surface area contributed by atoms with Crippen molar-refractivity contribution in [2.45, 2.75) is 58.6 Å². The molecule has 0 spiro atoms. The van der Waals surface area contributed by atoms with E-state index in [0.717, 1.165) is 36.6 Å². The number of thiazole rings is 1. The van der Waals surface area contributed by atoms with Crippen molar-refractivity contribution < 1.29 is 9.53 Å². The van der Waals surface area contributed by atoms with Gasteiger partial charge in [-0.2, -0.15) is 0 Å². The lowest BCUT2D eigenvalue weighted by molar-refractivity contribution is 0.0103. The molecule has 1 aromatic heterocycles. The molecule has 2 heterocycles. The number of aromatic nitrogens is 1. The summed E-state index contributed by atoms with van der Waals surface area (Å²) in [4.78, 5) is 17.3. The highest BCUT2D eigenvalue weighted by Crippen LogP contribution is 2.17. The fourth-order valence-corrected chi connectivity index (χ4v) is 3.36. The molecule has 1 fully saturated rings. The summed E-state index contributed by atoms with van der Waals surface area (Å²) in [5.74, 6) is 0. The summed E-state index contributed by atoms with van der Waals surface area (Å²) in [5.41, 5.74) is 0.961. The zero-order valence-electron chi connectivity index (χ0n) is 12.9. The van der Waals surface area contributed by atoms with Gasteiger partial charge >= 0.3 is 6.03 Å². The quantitative estimate of drug-likeness (QED) is 0.794. The van der Waals surface area contributed by atoms with Crippen LogP contribution in [-0.2, 0) is 11.3 Å². The molecule has 1 aliphatic rings. The van der Waals surface area contributed by atoms with E-state index in [2.05, 4.69) is 15.6 Å². The van der Waals surface area contributed by atoms with Gasteiger partial charge in [0.25, 0.3) is 0 Å². The summed E-state index contributed by atoms with van der Waals surface area (Å²) in [6.07, 6.45) is 6.01. The number of ether oxygens (including phenoxy) is 1. The van der Waals surface area contributed by atoms with E-state index >= 15 is 0 Å².